The smallest absolute Gasteiger partial charge is 0.318 e. The third-order valence-electron chi connectivity index (χ3n) is 7.20. The summed E-state index contributed by atoms with van der Waals surface area (Å²) < 4.78 is 16.5. The number of carbonyl (C=O) groups is 2. The second-order valence-electron chi connectivity index (χ2n) is 9.73. The fourth-order valence-electron chi connectivity index (χ4n) is 5.17. The van der Waals surface area contributed by atoms with Crippen molar-refractivity contribution >= 4 is 11.9 Å². The van der Waals surface area contributed by atoms with Crippen molar-refractivity contribution in [2.24, 2.45) is 5.92 Å². The van der Waals surface area contributed by atoms with Crippen LogP contribution in [0.25, 0.3) is 0 Å². The molecular formula is C28H37N3O5. The van der Waals surface area contributed by atoms with E-state index in [0.29, 0.717) is 24.5 Å². The molecule has 2 aliphatic heterocycles. The fourth-order valence-corrected chi connectivity index (χ4v) is 5.17. The quantitative estimate of drug-likeness (QED) is 0.628. The highest BCUT2D eigenvalue weighted by Crippen LogP contribution is 2.41. The van der Waals surface area contributed by atoms with Gasteiger partial charge in [-0.1, -0.05) is 26.0 Å². The number of fused-ring (bicyclic) bond motifs is 1. The Morgan fingerprint density at radius 2 is 1.56 bits per heavy atom. The van der Waals surface area contributed by atoms with Crippen molar-refractivity contribution < 1.29 is 23.8 Å². The minimum Gasteiger partial charge on any atom is -0.497 e. The minimum atomic E-state index is -0.570. The Labute approximate surface area is 213 Å². The predicted molar refractivity (Wildman–Crippen MR) is 138 cm³/mol. The van der Waals surface area contributed by atoms with E-state index >= 15 is 0 Å². The van der Waals surface area contributed by atoms with Gasteiger partial charge in [0.15, 0.2) is 11.5 Å². The second-order valence-corrected chi connectivity index (χ2v) is 9.73. The monoisotopic (exact) mass is 495 g/mol. The molecule has 1 N–H and O–H groups in total. The number of ether oxygens (including phenoxy) is 3. The van der Waals surface area contributed by atoms with E-state index in [9.17, 15) is 9.59 Å². The van der Waals surface area contributed by atoms with E-state index in [2.05, 4.69) is 5.32 Å². The van der Waals surface area contributed by atoms with Crippen molar-refractivity contribution in [2.45, 2.75) is 45.2 Å². The summed E-state index contributed by atoms with van der Waals surface area (Å²) in [6.07, 6.45) is 2.69. The first-order valence-corrected chi connectivity index (χ1v) is 12.6. The highest BCUT2D eigenvalue weighted by Gasteiger charge is 2.37. The van der Waals surface area contributed by atoms with Crippen LogP contribution in [0.4, 0.5) is 4.79 Å². The molecule has 2 aliphatic rings. The number of likely N-dealkylation sites (tertiary alicyclic amines) is 1. The first-order valence-electron chi connectivity index (χ1n) is 12.6. The van der Waals surface area contributed by atoms with Gasteiger partial charge in [0.1, 0.15) is 11.8 Å². The lowest BCUT2D eigenvalue weighted by molar-refractivity contribution is -0.133. The van der Waals surface area contributed by atoms with Crippen molar-refractivity contribution in [3.63, 3.8) is 0 Å². The van der Waals surface area contributed by atoms with E-state index < -0.39 is 6.04 Å². The van der Waals surface area contributed by atoms with Crippen LogP contribution in [-0.4, -0.2) is 68.7 Å². The van der Waals surface area contributed by atoms with Gasteiger partial charge >= 0.3 is 6.03 Å². The molecule has 2 heterocycles. The molecule has 0 aromatic heterocycles. The molecule has 3 amide bonds. The van der Waals surface area contributed by atoms with Crippen LogP contribution in [0.1, 0.15) is 49.4 Å². The zero-order valence-electron chi connectivity index (χ0n) is 21.9. The maximum atomic E-state index is 13.8. The molecular weight excluding hydrogens is 458 g/mol. The van der Waals surface area contributed by atoms with Gasteiger partial charge in [0, 0.05) is 19.6 Å². The number of benzene rings is 2. The van der Waals surface area contributed by atoms with Gasteiger partial charge in [0.2, 0.25) is 5.91 Å². The molecule has 2 atom stereocenters. The Morgan fingerprint density at radius 1 is 0.917 bits per heavy atom. The van der Waals surface area contributed by atoms with Crippen LogP contribution >= 0.6 is 0 Å². The minimum absolute atomic E-state index is 0.000614. The third-order valence-corrected chi connectivity index (χ3v) is 7.20. The van der Waals surface area contributed by atoms with Crippen LogP contribution in [0.3, 0.4) is 0 Å². The van der Waals surface area contributed by atoms with E-state index in [1.807, 2.05) is 60.0 Å². The van der Waals surface area contributed by atoms with Gasteiger partial charge in [-0.25, -0.2) is 4.79 Å². The second kappa shape index (κ2) is 11.1. The molecule has 1 fully saturated rings. The van der Waals surface area contributed by atoms with Crippen LogP contribution in [-0.2, 0) is 11.2 Å². The zero-order chi connectivity index (χ0) is 25.8. The summed E-state index contributed by atoms with van der Waals surface area (Å²) >= 11 is 0. The van der Waals surface area contributed by atoms with E-state index in [1.165, 1.54) is 0 Å². The number of rotatable bonds is 7. The number of nitrogens with one attached hydrogen (secondary N) is 1. The summed E-state index contributed by atoms with van der Waals surface area (Å²) in [7, 11) is 4.86. The normalized spacial score (nSPS) is 18.0. The summed E-state index contributed by atoms with van der Waals surface area (Å²) in [6, 6.07) is 10.5. The van der Waals surface area contributed by atoms with Crippen molar-refractivity contribution in [3.05, 3.63) is 53.1 Å². The Balaban J connectivity index is 1.70. The molecule has 0 aliphatic carbocycles. The molecule has 4 rings (SSSR count). The average molecular weight is 496 g/mol. The maximum Gasteiger partial charge on any atom is 0.318 e. The van der Waals surface area contributed by atoms with Crippen LogP contribution in [0, 0.1) is 5.92 Å². The molecule has 1 saturated heterocycles. The Morgan fingerprint density at radius 3 is 2.14 bits per heavy atom. The number of amides is 3. The van der Waals surface area contributed by atoms with E-state index in [-0.39, 0.29) is 23.9 Å². The number of hydrogen-bond acceptors (Lipinski definition) is 5. The predicted octanol–water partition coefficient (Wildman–Crippen LogP) is 4.02. The third kappa shape index (κ3) is 5.08. The molecule has 0 radical (unpaired) electrons. The van der Waals surface area contributed by atoms with Crippen LogP contribution in [0.2, 0.25) is 0 Å². The van der Waals surface area contributed by atoms with Gasteiger partial charge in [-0.15, -0.1) is 0 Å². The number of methoxy groups -OCH3 is 3. The highest BCUT2D eigenvalue weighted by atomic mass is 16.5. The molecule has 0 spiro atoms. The molecule has 8 nitrogen and oxygen atoms in total. The number of urea groups is 1. The van der Waals surface area contributed by atoms with Crippen molar-refractivity contribution in [2.75, 3.05) is 41.0 Å². The average Bonchev–Trinajstić information content (AvgIpc) is 3.44. The summed E-state index contributed by atoms with van der Waals surface area (Å²) in [5.41, 5.74) is 3.03. The Hall–Kier alpha value is -3.42. The van der Waals surface area contributed by atoms with Crippen molar-refractivity contribution in [3.8, 4) is 17.2 Å². The first kappa shape index (κ1) is 25.7. The topological polar surface area (TPSA) is 80.3 Å². The number of carbonyl (C=O) groups excluding carboxylic acids is 2. The van der Waals surface area contributed by atoms with Crippen molar-refractivity contribution in [1.82, 2.24) is 15.1 Å². The Bertz CT molecular complexity index is 1080. The van der Waals surface area contributed by atoms with Gasteiger partial charge in [0.25, 0.3) is 0 Å². The van der Waals surface area contributed by atoms with E-state index in [1.54, 1.807) is 21.3 Å². The lowest BCUT2D eigenvalue weighted by atomic mass is 9.87. The van der Waals surface area contributed by atoms with Crippen molar-refractivity contribution in [1.29, 1.82) is 0 Å². The lowest BCUT2D eigenvalue weighted by Gasteiger charge is -2.39. The van der Waals surface area contributed by atoms with Crippen LogP contribution in [0.15, 0.2) is 36.4 Å². The summed E-state index contributed by atoms with van der Waals surface area (Å²) in [4.78, 5) is 30.7. The van der Waals surface area contributed by atoms with E-state index in [0.717, 1.165) is 48.4 Å². The summed E-state index contributed by atoms with van der Waals surface area (Å²) in [6.45, 7) is 5.97. The zero-order valence-corrected chi connectivity index (χ0v) is 21.9. The van der Waals surface area contributed by atoms with Crippen LogP contribution < -0.4 is 19.5 Å². The molecule has 2 aromatic rings. The fraction of sp³-hybridized carbons (Fsp3) is 0.500. The largest absolute Gasteiger partial charge is 0.497 e. The van der Waals surface area contributed by atoms with Gasteiger partial charge in [-0.05, 0) is 66.1 Å². The standard InChI is InChI=1S/C28H37N3O5/c1-18(2)25(27(32)30-13-6-7-14-30)29-28(33)31-15-12-20-16-23(35-4)24(36-5)17-22(20)26(31)19-8-10-21(34-3)11-9-19/h8-11,16-18,25-26H,6-7,12-15H2,1-5H3,(H,29,33)/t25-,26+/m0/s1. The molecule has 0 saturated carbocycles. The highest BCUT2D eigenvalue weighted by molar-refractivity contribution is 5.88. The molecule has 36 heavy (non-hydrogen) atoms. The SMILES string of the molecule is COc1ccc([C@@H]2c3cc(OC)c(OC)cc3CCN2C(=O)N[C@H](C(=O)N2CCCC2)C(C)C)cc1. The molecule has 8 heteroatoms. The molecule has 2 aromatic carbocycles. The first-order chi connectivity index (χ1) is 17.4. The summed E-state index contributed by atoms with van der Waals surface area (Å²) in [5, 5.41) is 3.08. The Kier molecular flexibility index (Phi) is 7.91. The van der Waals surface area contributed by atoms with Gasteiger partial charge < -0.3 is 29.3 Å². The molecule has 194 valence electrons. The van der Waals surface area contributed by atoms with Crippen LogP contribution in [0.5, 0.6) is 17.2 Å². The van der Waals surface area contributed by atoms with Gasteiger partial charge in [-0.2, -0.15) is 0 Å². The van der Waals surface area contributed by atoms with Gasteiger partial charge in [0.05, 0.1) is 27.4 Å². The molecule has 0 unspecified atom stereocenters. The van der Waals surface area contributed by atoms with E-state index in [4.69, 9.17) is 14.2 Å². The van der Waals surface area contributed by atoms with Gasteiger partial charge in [-0.3, -0.25) is 4.79 Å². The maximum absolute atomic E-state index is 13.8. The number of nitrogens with zero attached hydrogens (tertiary/aromatic N) is 2. The molecule has 0 bridgehead atoms. The summed E-state index contributed by atoms with van der Waals surface area (Å²) in [5.74, 6) is 2.00. The lowest BCUT2D eigenvalue weighted by Crippen LogP contribution is -2.55. The number of hydrogen-bond donors (Lipinski definition) is 1.